The third-order valence-electron chi connectivity index (χ3n) is 5.40. The van der Waals surface area contributed by atoms with Gasteiger partial charge in [-0.15, -0.1) is 0 Å². The van der Waals surface area contributed by atoms with Gasteiger partial charge < -0.3 is 0 Å². The van der Waals surface area contributed by atoms with Crippen molar-refractivity contribution in [2.75, 3.05) is 0 Å². The maximum absolute atomic E-state index is 6.47. The molecule has 0 saturated carbocycles. The summed E-state index contributed by atoms with van der Waals surface area (Å²) in [4.78, 5) is 18.8. The van der Waals surface area contributed by atoms with Crippen molar-refractivity contribution in [3.63, 3.8) is 0 Å². The molecule has 0 unspecified atom stereocenters. The van der Waals surface area contributed by atoms with Gasteiger partial charge in [-0.25, -0.2) is 15.0 Å². The number of hydrogen-bond acceptors (Lipinski definition) is 4. The molecule has 4 rings (SSSR count). The summed E-state index contributed by atoms with van der Waals surface area (Å²) >= 11 is 6.47. The molecular weight excluding hydrogens is 440 g/mol. The zero-order valence-corrected chi connectivity index (χ0v) is 20.2. The van der Waals surface area contributed by atoms with Crippen molar-refractivity contribution in [1.82, 2.24) is 19.9 Å². The van der Waals surface area contributed by atoms with Gasteiger partial charge in [0.05, 0.1) is 0 Å². The van der Waals surface area contributed by atoms with Crippen LogP contribution in [0.25, 0.3) is 22.5 Å². The SMILES string of the molecule is CC/C=C\C=C/[C@H](C)c1nc(C2=CC(c3cccnc3)=CC(Cl)=CC2)nc(-c2ccccc2)n1. The Labute approximate surface area is 206 Å². The largest absolute Gasteiger partial charge is 0.264 e. The topological polar surface area (TPSA) is 51.6 Å². The molecule has 170 valence electrons. The van der Waals surface area contributed by atoms with Gasteiger partial charge in [0.2, 0.25) is 0 Å². The van der Waals surface area contributed by atoms with E-state index in [4.69, 9.17) is 26.6 Å². The van der Waals surface area contributed by atoms with Gasteiger partial charge >= 0.3 is 0 Å². The summed E-state index contributed by atoms with van der Waals surface area (Å²) in [6.07, 6.45) is 19.6. The molecule has 0 amide bonds. The van der Waals surface area contributed by atoms with Crippen LogP contribution in [0.1, 0.15) is 49.8 Å². The number of benzene rings is 1. The second kappa shape index (κ2) is 11.5. The molecule has 0 radical (unpaired) electrons. The Balaban J connectivity index is 1.80. The average Bonchev–Trinajstić information content (AvgIpc) is 3.09. The molecule has 0 aliphatic heterocycles. The van der Waals surface area contributed by atoms with Crippen molar-refractivity contribution in [3.8, 4) is 11.4 Å². The van der Waals surface area contributed by atoms with Crippen molar-refractivity contribution >= 4 is 22.7 Å². The van der Waals surface area contributed by atoms with Gasteiger partial charge in [-0.3, -0.25) is 4.98 Å². The number of aromatic nitrogens is 4. The molecule has 1 aliphatic rings. The van der Waals surface area contributed by atoms with Crippen LogP contribution in [-0.4, -0.2) is 19.9 Å². The summed E-state index contributed by atoms with van der Waals surface area (Å²) in [5.41, 5.74) is 3.90. The van der Waals surface area contributed by atoms with Crippen LogP contribution in [0, 0.1) is 0 Å². The first-order valence-corrected chi connectivity index (χ1v) is 11.8. The third-order valence-corrected chi connectivity index (χ3v) is 5.66. The Bertz CT molecular complexity index is 1270. The number of rotatable bonds is 7. The molecule has 0 bridgehead atoms. The van der Waals surface area contributed by atoms with E-state index in [0.717, 1.165) is 34.5 Å². The standard InChI is InChI=1S/C29H27ClN4/c1-3-4-5-7-11-21(2)27-32-28(22-12-8-6-9-13-22)34-29(33-27)23-15-16-26(30)19-25(18-23)24-14-10-17-31-20-24/h4-14,16-21H,3,15H2,1-2H3/b5-4-,11-7-/t21-/m0/s1. The average molecular weight is 467 g/mol. The Hall–Kier alpha value is -3.63. The molecular formula is C29H27ClN4. The fourth-order valence-electron chi connectivity index (χ4n) is 3.55. The van der Waals surface area contributed by atoms with Crippen LogP contribution in [0.15, 0.2) is 102 Å². The Kier molecular flexibility index (Phi) is 7.95. The smallest absolute Gasteiger partial charge is 0.163 e. The molecule has 1 atom stereocenters. The lowest BCUT2D eigenvalue weighted by atomic mass is 10.0. The molecule has 0 spiro atoms. The van der Waals surface area contributed by atoms with Crippen LogP contribution in [0.5, 0.6) is 0 Å². The first-order valence-electron chi connectivity index (χ1n) is 11.5. The van der Waals surface area contributed by atoms with Crippen LogP contribution >= 0.6 is 11.6 Å². The highest BCUT2D eigenvalue weighted by atomic mass is 35.5. The van der Waals surface area contributed by atoms with Crippen LogP contribution in [0.4, 0.5) is 0 Å². The maximum atomic E-state index is 6.47. The first-order chi connectivity index (χ1) is 16.6. The van der Waals surface area contributed by atoms with Crippen LogP contribution in [0.3, 0.4) is 0 Å². The molecule has 2 heterocycles. The molecule has 0 fully saturated rings. The zero-order valence-electron chi connectivity index (χ0n) is 19.4. The second-order valence-electron chi connectivity index (χ2n) is 8.02. The first kappa shape index (κ1) is 23.5. The predicted molar refractivity (Wildman–Crippen MR) is 141 cm³/mol. The fraction of sp³-hybridized carbons (Fsp3) is 0.172. The number of hydrogen-bond donors (Lipinski definition) is 0. The Morgan fingerprint density at radius 3 is 2.50 bits per heavy atom. The Morgan fingerprint density at radius 2 is 1.74 bits per heavy atom. The van der Waals surface area contributed by atoms with Gasteiger partial charge in [0.15, 0.2) is 11.6 Å². The summed E-state index contributed by atoms with van der Waals surface area (Å²) in [6.45, 7) is 4.22. The van der Waals surface area contributed by atoms with Crippen molar-refractivity contribution in [3.05, 3.63) is 120 Å². The number of halogens is 1. The normalized spacial score (nSPS) is 15.1. The molecule has 1 aromatic carbocycles. The number of pyridine rings is 1. The van der Waals surface area contributed by atoms with Gasteiger partial charge in [-0.2, -0.15) is 0 Å². The minimum atomic E-state index is 0.0320. The quantitative estimate of drug-likeness (QED) is 0.337. The number of allylic oxidation sites excluding steroid dienone is 10. The second-order valence-corrected chi connectivity index (χ2v) is 8.46. The molecule has 2 aromatic heterocycles. The van der Waals surface area contributed by atoms with E-state index in [-0.39, 0.29) is 5.92 Å². The van der Waals surface area contributed by atoms with Gasteiger partial charge in [0.1, 0.15) is 5.82 Å². The predicted octanol–water partition coefficient (Wildman–Crippen LogP) is 7.55. The summed E-state index contributed by atoms with van der Waals surface area (Å²) in [5, 5.41) is 0.682. The van der Waals surface area contributed by atoms with E-state index in [9.17, 15) is 0 Å². The molecule has 34 heavy (non-hydrogen) atoms. The molecule has 1 aliphatic carbocycles. The highest BCUT2D eigenvalue weighted by molar-refractivity contribution is 6.32. The molecule has 0 N–H and O–H groups in total. The molecule has 4 nitrogen and oxygen atoms in total. The third kappa shape index (κ3) is 6.03. The lowest BCUT2D eigenvalue weighted by Crippen LogP contribution is -2.07. The monoisotopic (exact) mass is 466 g/mol. The summed E-state index contributed by atoms with van der Waals surface area (Å²) in [5.74, 6) is 2.09. The summed E-state index contributed by atoms with van der Waals surface area (Å²) in [7, 11) is 0. The maximum Gasteiger partial charge on any atom is 0.163 e. The van der Waals surface area contributed by atoms with Crippen LogP contribution in [0.2, 0.25) is 0 Å². The lowest BCUT2D eigenvalue weighted by molar-refractivity contribution is 0.814. The van der Waals surface area contributed by atoms with Gasteiger partial charge in [0.25, 0.3) is 0 Å². The van der Waals surface area contributed by atoms with E-state index in [2.05, 4.69) is 49.2 Å². The fourth-order valence-corrected chi connectivity index (χ4v) is 3.74. The van der Waals surface area contributed by atoms with Gasteiger partial charge in [-0.05, 0) is 36.6 Å². The zero-order chi connectivity index (χ0) is 23.8. The lowest BCUT2D eigenvalue weighted by Gasteiger charge is -2.12. The van der Waals surface area contributed by atoms with Gasteiger partial charge in [-0.1, -0.05) is 92.2 Å². The van der Waals surface area contributed by atoms with Crippen molar-refractivity contribution in [1.29, 1.82) is 0 Å². The van der Waals surface area contributed by atoms with E-state index in [1.54, 1.807) is 6.20 Å². The number of nitrogens with zero attached hydrogens (tertiary/aromatic N) is 4. The van der Waals surface area contributed by atoms with E-state index >= 15 is 0 Å². The van der Waals surface area contributed by atoms with Crippen molar-refractivity contribution < 1.29 is 0 Å². The summed E-state index contributed by atoms with van der Waals surface area (Å²) < 4.78 is 0. The van der Waals surface area contributed by atoms with Crippen molar-refractivity contribution in [2.45, 2.75) is 32.6 Å². The minimum Gasteiger partial charge on any atom is -0.264 e. The van der Waals surface area contributed by atoms with E-state index in [1.165, 1.54) is 0 Å². The van der Waals surface area contributed by atoms with E-state index in [0.29, 0.717) is 23.1 Å². The van der Waals surface area contributed by atoms with Gasteiger partial charge in [0, 0.05) is 40.0 Å². The molecule has 0 saturated heterocycles. The Morgan fingerprint density at radius 1 is 0.941 bits per heavy atom. The summed E-state index contributed by atoms with van der Waals surface area (Å²) in [6, 6.07) is 14.0. The highest BCUT2D eigenvalue weighted by Gasteiger charge is 2.17. The minimum absolute atomic E-state index is 0.0320. The van der Waals surface area contributed by atoms with Crippen LogP contribution in [-0.2, 0) is 0 Å². The molecule has 3 aromatic rings. The van der Waals surface area contributed by atoms with Crippen molar-refractivity contribution in [2.24, 2.45) is 0 Å². The van der Waals surface area contributed by atoms with Crippen LogP contribution < -0.4 is 0 Å². The highest BCUT2D eigenvalue weighted by Crippen LogP contribution is 2.30. The van der Waals surface area contributed by atoms with E-state index in [1.807, 2.05) is 60.8 Å². The molecule has 5 heteroatoms. The van der Waals surface area contributed by atoms with E-state index < -0.39 is 0 Å².